The lowest BCUT2D eigenvalue weighted by molar-refractivity contribution is 0.0730. The van der Waals surface area contributed by atoms with Gasteiger partial charge in [0.05, 0.1) is 24.2 Å². The molecule has 1 saturated heterocycles. The Balaban J connectivity index is 1.56. The molecule has 0 radical (unpaired) electrons. The van der Waals surface area contributed by atoms with E-state index in [0.717, 1.165) is 11.1 Å². The number of morpholine rings is 1. The van der Waals surface area contributed by atoms with E-state index in [9.17, 15) is 13.2 Å². The third-order valence-electron chi connectivity index (χ3n) is 5.31. The summed E-state index contributed by atoms with van der Waals surface area (Å²) >= 11 is 6.17. The minimum Gasteiger partial charge on any atom is -0.379 e. The van der Waals surface area contributed by atoms with E-state index >= 15 is 0 Å². The van der Waals surface area contributed by atoms with Crippen molar-refractivity contribution in [1.82, 2.24) is 9.62 Å². The summed E-state index contributed by atoms with van der Waals surface area (Å²) in [6, 6.07) is 22.5. The molecule has 1 unspecified atom stereocenters. The average molecular weight is 471 g/mol. The van der Waals surface area contributed by atoms with Crippen molar-refractivity contribution in [2.24, 2.45) is 0 Å². The normalized spacial score (nSPS) is 15.8. The van der Waals surface area contributed by atoms with Gasteiger partial charge in [0.2, 0.25) is 10.0 Å². The van der Waals surface area contributed by atoms with E-state index in [-0.39, 0.29) is 10.8 Å². The molecule has 3 aromatic rings. The summed E-state index contributed by atoms with van der Waals surface area (Å²) in [7, 11) is -3.61. The van der Waals surface area contributed by atoms with Crippen LogP contribution in [0, 0.1) is 0 Å². The first kappa shape index (κ1) is 22.5. The van der Waals surface area contributed by atoms with Gasteiger partial charge in [-0.15, -0.1) is 0 Å². The third-order valence-corrected chi connectivity index (χ3v) is 7.46. The summed E-state index contributed by atoms with van der Waals surface area (Å²) in [4.78, 5) is 13.2. The standard InChI is InChI=1S/C24H23ClN2O4S/c25-21-8-4-7-20(17-21)23(18-5-2-1-3-6-18)26-24(28)19-9-11-22(12-10-19)32(29,30)27-13-15-31-16-14-27/h1-12,17,23H,13-16H2,(H,26,28). The molecule has 0 aromatic heterocycles. The molecule has 32 heavy (non-hydrogen) atoms. The maximum absolute atomic E-state index is 13.0. The van der Waals surface area contributed by atoms with Gasteiger partial charge in [-0.1, -0.05) is 54.1 Å². The highest BCUT2D eigenvalue weighted by Crippen LogP contribution is 2.25. The number of carbonyl (C=O) groups is 1. The summed E-state index contributed by atoms with van der Waals surface area (Å²) in [5, 5.41) is 3.62. The number of hydrogen-bond donors (Lipinski definition) is 1. The molecule has 3 aromatic carbocycles. The molecule has 1 aliphatic heterocycles. The molecule has 8 heteroatoms. The van der Waals surface area contributed by atoms with Gasteiger partial charge in [0.1, 0.15) is 0 Å². The van der Waals surface area contributed by atoms with Crippen LogP contribution in [0.2, 0.25) is 5.02 Å². The third kappa shape index (κ3) is 5.02. The van der Waals surface area contributed by atoms with E-state index in [1.807, 2.05) is 48.5 Å². The average Bonchev–Trinajstić information content (AvgIpc) is 2.83. The molecule has 166 valence electrons. The van der Waals surface area contributed by atoms with Crippen molar-refractivity contribution < 1.29 is 17.9 Å². The summed E-state index contributed by atoms with van der Waals surface area (Å²) in [6.07, 6.45) is 0. The number of rotatable bonds is 6. The Morgan fingerprint density at radius 2 is 1.56 bits per heavy atom. The molecule has 1 heterocycles. The molecule has 4 rings (SSSR count). The molecule has 0 bridgehead atoms. The van der Waals surface area contributed by atoms with Gasteiger partial charge in [-0.25, -0.2) is 8.42 Å². The van der Waals surface area contributed by atoms with Crippen LogP contribution < -0.4 is 5.32 Å². The molecule has 6 nitrogen and oxygen atoms in total. The Bertz CT molecular complexity index is 1180. The highest BCUT2D eigenvalue weighted by Gasteiger charge is 2.26. The predicted octanol–water partition coefficient (Wildman–Crippen LogP) is 3.88. The molecule has 0 spiro atoms. The van der Waals surface area contributed by atoms with Gasteiger partial charge in [0.15, 0.2) is 0 Å². The van der Waals surface area contributed by atoms with Gasteiger partial charge < -0.3 is 10.1 Å². The predicted molar refractivity (Wildman–Crippen MR) is 123 cm³/mol. The maximum Gasteiger partial charge on any atom is 0.252 e. The molecule has 0 saturated carbocycles. The van der Waals surface area contributed by atoms with Crippen LogP contribution in [0.15, 0.2) is 83.8 Å². The van der Waals surface area contributed by atoms with E-state index in [0.29, 0.717) is 36.9 Å². The maximum atomic E-state index is 13.0. The van der Waals surface area contributed by atoms with Crippen LogP contribution in [-0.4, -0.2) is 44.9 Å². The van der Waals surface area contributed by atoms with E-state index in [4.69, 9.17) is 16.3 Å². The van der Waals surface area contributed by atoms with Crippen LogP contribution in [0.1, 0.15) is 27.5 Å². The number of nitrogens with zero attached hydrogens (tertiary/aromatic N) is 1. The quantitative estimate of drug-likeness (QED) is 0.593. The van der Waals surface area contributed by atoms with Crippen LogP contribution in [0.25, 0.3) is 0 Å². The van der Waals surface area contributed by atoms with E-state index in [1.165, 1.54) is 28.6 Å². The first-order chi connectivity index (χ1) is 15.4. The van der Waals surface area contributed by atoms with Crippen molar-refractivity contribution in [2.45, 2.75) is 10.9 Å². The second-order valence-electron chi connectivity index (χ2n) is 7.41. The number of amides is 1. The fourth-order valence-corrected chi connectivity index (χ4v) is 5.23. The number of carbonyl (C=O) groups excluding carboxylic acids is 1. The molecular formula is C24H23ClN2O4S. The summed E-state index contributed by atoms with van der Waals surface area (Å²) < 4.78 is 32.2. The van der Waals surface area contributed by atoms with Gasteiger partial charge >= 0.3 is 0 Å². The van der Waals surface area contributed by atoms with Crippen molar-refractivity contribution in [3.8, 4) is 0 Å². The summed E-state index contributed by atoms with van der Waals surface area (Å²) in [6.45, 7) is 1.40. The smallest absolute Gasteiger partial charge is 0.252 e. The Morgan fingerprint density at radius 1 is 0.906 bits per heavy atom. The minimum atomic E-state index is -3.61. The molecule has 1 N–H and O–H groups in total. The minimum absolute atomic E-state index is 0.158. The topological polar surface area (TPSA) is 75.7 Å². The SMILES string of the molecule is O=C(NC(c1ccccc1)c1cccc(Cl)c1)c1ccc(S(=O)(=O)N2CCOCC2)cc1. The van der Waals surface area contributed by atoms with Crippen molar-refractivity contribution in [1.29, 1.82) is 0 Å². The Kier molecular flexibility index (Phi) is 6.91. The largest absolute Gasteiger partial charge is 0.379 e. The first-order valence-electron chi connectivity index (χ1n) is 10.2. The molecule has 1 amide bonds. The Hall–Kier alpha value is -2.71. The van der Waals surface area contributed by atoms with Crippen molar-refractivity contribution >= 4 is 27.5 Å². The Morgan fingerprint density at radius 3 is 2.22 bits per heavy atom. The monoisotopic (exact) mass is 470 g/mol. The number of halogens is 1. The number of hydrogen-bond acceptors (Lipinski definition) is 4. The molecule has 1 aliphatic rings. The Labute approximate surface area is 192 Å². The lowest BCUT2D eigenvalue weighted by atomic mass is 9.98. The summed E-state index contributed by atoms with van der Waals surface area (Å²) in [5.41, 5.74) is 2.13. The van der Waals surface area contributed by atoms with Gasteiger partial charge in [-0.3, -0.25) is 4.79 Å². The number of ether oxygens (including phenoxy) is 1. The van der Waals surface area contributed by atoms with Crippen LogP contribution in [0.4, 0.5) is 0 Å². The fourth-order valence-electron chi connectivity index (χ4n) is 3.62. The van der Waals surface area contributed by atoms with Gasteiger partial charge in [-0.2, -0.15) is 4.31 Å². The van der Waals surface area contributed by atoms with E-state index in [1.54, 1.807) is 6.07 Å². The lowest BCUT2D eigenvalue weighted by Gasteiger charge is -2.26. The van der Waals surface area contributed by atoms with Crippen molar-refractivity contribution in [2.75, 3.05) is 26.3 Å². The molecular weight excluding hydrogens is 448 g/mol. The van der Waals surface area contributed by atoms with Gasteiger partial charge in [0, 0.05) is 23.7 Å². The van der Waals surface area contributed by atoms with Crippen molar-refractivity contribution in [3.05, 3.63) is 101 Å². The lowest BCUT2D eigenvalue weighted by Crippen LogP contribution is -2.40. The van der Waals surface area contributed by atoms with Crippen LogP contribution in [0.5, 0.6) is 0 Å². The fraction of sp³-hybridized carbons (Fsp3) is 0.208. The molecule has 0 aliphatic carbocycles. The van der Waals surface area contributed by atoms with Crippen LogP contribution in [0.3, 0.4) is 0 Å². The first-order valence-corrected chi connectivity index (χ1v) is 12.1. The number of nitrogens with one attached hydrogen (secondary N) is 1. The van der Waals surface area contributed by atoms with E-state index in [2.05, 4.69) is 5.32 Å². The van der Waals surface area contributed by atoms with Gasteiger partial charge in [0.25, 0.3) is 5.91 Å². The second kappa shape index (κ2) is 9.83. The highest BCUT2D eigenvalue weighted by molar-refractivity contribution is 7.89. The van der Waals surface area contributed by atoms with E-state index < -0.39 is 16.1 Å². The zero-order chi connectivity index (χ0) is 22.6. The summed E-state index contributed by atoms with van der Waals surface area (Å²) in [5.74, 6) is -0.311. The zero-order valence-corrected chi connectivity index (χ0v) is 18.9. The zero-order valence-electron chi connectivity index (χ0n) is 17.3. The molecule has 1 fully saturated rings. The van der Waals surface area contributed by atoms with Gasteiger partial charge in [-0.05, 0) is 47.5 Å². The highest BCUT2D eigenvalue weighted by atomic mass is 35.5. The van der Waals surface area contributed by atoms with Crippen molar-refractivity contribution in [3.63, 3.8) is 0 Å². The molecule has 1 atom stereocenters. The van der Waals surface area contributed by atoms with Crippen LogP contribution in [-0.2, 0) is 14.8 Å². The second-order valence-corrected chi connectivity index (χ2v) is 9.79. The van der Waals surface area contributed by atoms with Crippen LogP contribution >= 0.6 is 11.6 Å². The number of benzene rings is 3. The number of sulfonamides is 1.